The molecule has 4 nitrogen and oxygen atoms in total. The molecule has 0 bridgehead atoms. The van der Waals surface area contributed by atoms with E-state index in [2.05, 4.69) is 31.3 Å². The summed E-state index contributed by atoms with van der Waals surface area (Å²) in [5, 5.41) is 23.0. The van der Waals surface area contributed by atoms with E-state index in [0.717, 1.165) is 38.5 Å². The van der Waals surface area contributed by atoms with Gasteiger partial charge < -0.3 is 15.5 Å². The summed E-state index contributed by atoms with van der Waals surface area (Å²) in [5.74, 6) is -0.0453. The van der Waals surface area contributed by atoms with Crippen molar-refractivity contribution in [1.82, 2.24) is 5.32 Å². The molecule has 0 rings (SSSR count). The summed E-state index contributed by atoms with van der Waals surface area (Å²) in [6.07, 6.45) is 41.3. The van der Waals surface area contributed by atoms with Crippen molar-refractivity contribution in [1.29, 1.82) is 0 Å². The lowest BCUT2D eigenvalue weighted by molar-refractivity contribution is -0.123. The number of amides is 1. The van der Waals surface area contributed by atoms with Crippen LogP contribution in [0.1, 0.15) is 206 Å². The first-order valence-corrected chi connectivity index (χ1v) is 18.9. The molecule has 0 aliphatic carbocycles. The van der Waals surface area contributed by atoms with E-state index in [4.69, 9.17) is 0 Å². The van der Waals surface area contributed by atoms with E-state index < -0.39 is 12.1 Å². The molecular weight excluding hydrogens is 518 g/mol. The zero-order valence-electron chi connectivity index (χ0n) is 28.5. The minimum Gasteiger partial charge on any atom is -0.394 e. The zero-order chi connectivity index (χ0) is 30.8. The summed E-state index contributed by atoms with van der Waals surface area (Å²) in [4.78, 5) is 12.3. The van der Waals surface area contributed by atoms with Gasteiger partial charge in [0, 0.05) is 6.42 Å². The van der Waals surface area contributed by atoms with Crippen LogP contribution < -0.4 is 5.32 Å². The molecule has 0 heterocycles. The van der Waals surface area contributed by atoms with Gasteiger partial charge in [0.15, 0.2) is 0 Å². The zero-order valence-corrected chi connectivity index (χ0v) is 28.5. The molecular formula is C38H75NO3. The van der Waals surface area contributed by atoms with E-state index in [1.165, 1.54) is 141 Å². The highest BCUT2D eigenvalue weighted by Crippen LogP contribution is 2.16. The Morgan fingerprint density at radius 1 is 0.548 bits per heavy atom. The van der Waals surface area contributed by atoms with Crippen LogP contribution in [0, 0.1) is 0 Å². The number of unbranched alkanes of at least 4 members (excludes halogenated alkanes) is 25. The fraction of sp³-hybridized carbons (Fsp3) is 0.921. The number of allylic oxidation sites excluding steroid dienone is 2. The second-order valence-electron chi connectivity index (χ2n) is 13.0. The van der Waals surface area contributed by atoms with Crippen LogP contribution in [0.4, 0.5) is 0 Å². The van der Waals surface area contributed by atoms with Gasteiger partial charge >= 0.3 is 0 Å². The summed E-state index contributed by atoms with van der Waals surface area (Å²) >= 11 is 0. The van der Waals surface area contributed by atoms with Gasteiger partial charge in [-0.1, -0.05) is 180 Å². The smallest absolute Gasteiger partial charge is 0.220 e. The van der Waals surface area contributed by atoms with Gasteiger partial charge in [0.25, 0.3) is 0 Å². The number of carbonyl (C=O) groups excluding carboxylic acids is 1. The molecule has 0 aliphatic rings. The van der Waals surface area contributed by atoms with Crippen LogP contribution in [0.5, 0.6) is 0 Å². The summed E-state index contributed by atoms with van der Waals surface area (Å²) in [5.41, 5.74) is 0. The second-order valence-corrected chi connectivity index (χ2v) is 13.0. The average molecular weight is 594 g/mol. The van der Waals surface area contributed by atoms with E-state index in [1.807, 2.05) is 0 Å². The molecule has 250 valence electrons. The van der Waals surface area contributed by atoms with Crippen molar-refractivity contribution in [2.24, 2.45) is 0 Å². The third-order valence-corrected chi connectivity index (χ3v) is 8.78. The fourth-order valence-electron chi connectivity index (χ4n) is 5.81. The van der Waals surface area contributed by atoms with Crippen LogP contribution in [0.25, 0.3) is 0 Å². The SMILES string of the molecule is CCCC/C=C\CCCCCCC(=O)NC(CO)C(O)CCCCCCCCCCCCCCCCCCCCCC. The highest BCUT2D eigenvalue weighted by Gasteiger charge is 2.19. The van der Waals surface area contributed by atoms with Crippen LogP contribution in [-0.4, -0.2) is 34.9 Å². The molecule has 0 saturated heterocycles. The Balaban J connectivity index is 3.49. The van der Waals surface area contributed by atoms with Gasteiger partial charge in [-0.25, -0.2) is 0 Å². The molecule has 0 aromatic heterocycles. The van der Waals surface area contributed by atoms with Gasteiger partial charge in [-0.3, -0.25) is 4.79 Å². The highest BCUT2D eigenvalue weighted by atomic mass is 16.3. The van der Waals surface area contributed by atoms with E-state index in [9.17, 15) is 15.0 Å². The second kappa shape index (κ2) is 34.6. The van der Waals surface area contributed by atoms with Gasteiger partial charge in [-0.15, -0.1) is 0 Å². The normalized spacial score (nSPS) is 13.1. The van der Waals surface area contributed by atoms with Crippen molar-refractivity contribution in [2.45, 2.75) is 219 Å². The standard InChI is InChI=1S/C38H75NO3/c1-3-5-7-9-11-13-15-16-17-18-19-20-21-22-23-24-25-27-29-31-33-37(41)36(35-40)39-38(42)34-32-30-28-26-14-12-10-8-6-4-2/h10,12,36-37,40-41H,3-9,11,13-35H2,1-2H3,(H,39,42)/b12-10-. The molecule has 0 aromatic rings. The molecule has 2 atom stereocenters. The number of hydrogen-bond donors (Lipinski definition) is 3. The molecule has 0 saturated carbocycles. The minimum absolute atomic E-state index is 0.0453. The first kappa shape index (κ1) is 41.1. The Bertz CT molecular complexity index is 565. The lowest BCUT2D eigenvalue weighted by Crippen LogP contribution is -2.45. The van der Waals surface area contributed by atoms with Crippen molar-refractivity contribution in [3.8, 4) is 0 Å². The van der Waals surface area contributed by atoms with Gasteiger partial charge in [0.05, 0.1) is 18.8 Å². The summed E-state index contributed by atoms with van der Waals surface area (Å²) in [7, 11) is 0. The molecule has 2 unspecified atom stereocenters. The van der Waals surface area contributed by atoms with Crippen LogP contribution in [0.2, 0.25) is 0 Å². The van der Waals surface area contributed by atoms with Gasteiger partial charge in [0.1, 0.15) is 0 Å². The first-order chi connectivity index (χ1) is 20.7. The number of aliphatic hydroxyl groups is 2. The Labute approximate surface area is 263 Å². The fourth-order valence-corrected chi connectivity index (χ4v) is 5.81. The summed E-state index contributed by atoms with van der Waals surface area (Å²) < 4.78 is 0. The molecule has 0 aromatic carbocycles. The van der Waals surface area contributed by atoms with E-state index >= 15 is 0 Å². The van der Waals surface area contributed by atoms with Gasteiger partial charge in [0.2, 0.25) is 5.91 Å². The van der Waals surface area contributed by atoms with Crippen molar-refractivity contribution < 1.29 is 15.0 Å². The molecule has 0 fully saturated rings. The lowest BCUT2D eigenvalue weighted by Gasteiger charge is -2.22. The number of nitrogens with one attached hydrogen (secondary N) is 1. The van der Waals surface area contributed by atoms with Crippen molar-refractivity contribution in [3.63, 3.8) is 0 Å². The van der Waals surface area contributed by atoms with E-state index in [1.54, 1.807) is 0 Å². The highest BCUT2D eigenvalue weighted by molar-refractivity contribution is 5.76. The number of rotatable bonds is 34. The molecule has 1 amide bonds. The van der Waals surface area contributed by atoms with Crippen LogP contribution in [0.15, 0.2) is 12.2 Å². The summed E-state index contributed by atoms with van der Waals surface area (Å²) in [6.45, 7) is 4.31. The topological polar surface area (TPSA) is 69.6 Å². The maximum Gasteiger partial charge on any atom is 0.220 e. The number of aliphatic hydroxyl groups excluding tert-OH is 2. The molecule has 3 N–H and O–H groups in total. The van der Waals surface area contributed by atoms with E-state index in [0.29, 0.717) is 12.8 Å². The number of hydrogen-bond acceptors (Lipinski definition) is 3. The van der Waals surface area contributed by atoms with Crippen LogP contribution in [-0.2, 0) is 4.79 Å². The van der Waals surface area contributed by atoms with Crippen LogP contribution >= 0.6 is 0 Å². The molecule has 0 aliphatic heterocycles. The van der Waals surface area contributed by atoms with E-state index in [-0.39, 0.29) is 12.5 Å². The lowest BCUT2D eigenvalue weighted by atomic mass is 10.0. The average Bonchev–Trinajstić information content (AvgIpc) is 2.99. The quantitative estimate of drug-likeness (QED) is 0.0513. The molecule has 0 radical (unpaired) electrons. The molecule has 4 heteroatoms. The maximum absolute atomic E-state index is 12.3. The largest absolute Gasteiger partial charge is 0.394 e. The van der Waals surface area contributed by atoms with Crippen molar-refractivity contribution in [3.05, 3.63) is 12.2 Å². The van der Waals surface area contributed by atoms with Gasteiger partial charge in [-0.05, 0) is 32.1 Å². The third-order valence-electron chi connectivity index (χ3n) is 8.78. The number of carbonyl (C=O) groups is 1. The Morgan fingerprint density at radius 2 is 0.929 bits per heavy atom. The predicted molar refractivity (Wildman–Crippen MR) is 184 cm³/mol. The predicted octanol–water partition coefficient (Wildman–Crippen LogP) is 11.1. The first-order valence-electron chi connectivity index (χ1n) is 18.9. The third kappa shape index (κ3) is 30.6. The van der Waals surface area contributed by atoms with Crippen molar-refractivity contribution >= 4 is 5.91 Å². The minimum atomic E-state index is -0.658. The Hall–Kier alpha value is -0.870. The molecule has 42 heavy (non-hydrogen) atoms. The Morgan fingerprint density at radius 3 is 1.38 bits per heavy atom. The van der Waals surface area contributed by atoms with Crippen molar-refractivity contribution in [2.75, 3.05) is 6.61 Å². The van der Waals surface area contributed by atoms with Gasteiger partial charge in [-0.2, -0.15) is 0 Å². The Kier molecular flexibility index (Phi) is 33.9. The monoisotopic (exact) mass is 594 g/mol. The van der Waals surface area contributed by atoms with Crippen LogP contribution in [0.3, 0.4) is 0 Å². The summed E-state index contributed by atoms with van der Waals surface area (Å²) in [6, 6.07) is -0.536. The molecule has 0 spiro atoms. The maximum atomic E-state index is 12.3.